The van der Waals surface area contributed by atoms with Gasteiger partial charge in [0.15, 0.2) is 0 Å². The van der Waals surface area contributed by atoms with Crippen LogP contribution in [0.25, 0.3) is 6.08 Å². The number of carbonyl (C=O) groups excluding carboxylic acids is 4. The number of fused-ring (bicyclic) bond motifs is 4. The zero-order valence-corrected chi connectivity index (χ0v) is 18.9. The van der Waals surface area contributed by atoms with E-state index in [1.807, 2.05) is 49.4 Å². The lowest BCUT2D eigenvalue weighted by molar-refractivity contribution is -0.146. The average Bonchev–Trinajstić information content (AvgIpc) is 3.11. The molecular weight excluding hydrogens is 432 g/mol. The van der Waals surface area contributed by atoms with Crippen LogP contribution in [0, 0.1) is 30.6 Å². The van der Waals surface area contributed by atoms with Crippen molar-refractivity contribution in [2.45, 2.75) is 13.5 Å². The van der Waals surface area contributed by atoms with E-state index < -0.39 is 35.5 Å². The number of imide groups is 2. The zero-order valence-electron chi connectivity index (χ0n) is 18.9. The van der Waals surface area contributed by atoms with Crippen LogP contribution in [0.2, 0.25) is 0 Å². The molecule has 2 aromatic rings. The van der Waals surface area contributed by atoms with E-state index in [9.17, 15) is 19.2 Å². The van der Waals surface area contributed by atoms with Crippen LogP contribution in [0.5, 0.6) is 0 Å². The summed E-state index contributed by atoms with van der Waals surface area (Å²) in [6.45, 7) is 6.00. The molecule has 7 nitrogen and oxygen atoms in total. The van der Waals surface area contributed by atoms with Crippen molar-refractivity contribution in [2.24, 2.45) is 23.7 Å². The smallest absolute Gasteiger partial charge is 0.238 e. The molecule has 3 fully saturated rings. The molecule has 0 radical (unpaired) electrons. The summed E-state index contributed by atoms with van der Waals surface area (Å²) >= 11 is 0. The number of amides is 4. The number of benzene rings is 2. The van der Waals surface area contributed by atoms with E-state index in [1.54, 1.807) is 18.2 Å². The van der Waals surface area contributed by atoms with Gasteiger partial charge in [0, 0.05) is 7.05 Å². The maximum atomic E-state index is 13.2. The first kappa shape index (κ1) is 21.8. The summed E-state index contributed by atoms with van der Waals surface area (Å²) in [5.41, 5.74) is 3.09. The number of likely N-dealkylation sites (tertiary alicyclic amines) is 1. The van der Waals surface area contributed by atoms with Gasteiger partial charge in [-0.25, -0.2) is 4.90 Å². The molecule has 1 saturated carbocycles. The number of hydrogen-bond donors (Lipinski definition) is 0. The van der Waals surface area contributed by atoms with Crippen molar-refractivity contribution in [1.82, 2.24) is 4.90 Å². The van der Waals surface area contributed by atoms with E-state index in [0.29, 0.717) is 11.4 Å². The molecular formula is C27H24N2O5. The number of nitrogens with zero attached hydrogens (tertiary/aromatic N) is 2. The van der Waals surface area contributed by atoms with Crippen molar-refractivity contribution in [3.8, 4) is 0 Å². The Labute approximate surface area is 197 Å². The first-order valence-corrected chi connectivity index (χ1v) is 11.1. The molecule has 2 aliphatic heterocycles. The molecule has 172 valence electrons. The lowest BCUT2D eigenvalue weighted by Crippen LogP contribution is -2.50. The highest BCUT2D eigenvalue weighted by atomic mass is 16.5. The van der Waals surface area contributed by atoms with Crippen LogP contribution in [-0.2, 0) is 30.5 Å². The maximum absolute atomic E-state index is 13.2. The van der Waals surface area contributed by atoms with E-state index in [4.69, 9.17) is 4.74 Å². The highest BCUT2D eigenvalue weighted by molar-refractivity contribution is 6.27. The topological polar surface area (TPSA) is 84.0 Å². The van der Waals surface area contributed by atoms with Crippen LogP contribution in [0.15, 0.2) is 66.9 Å². The first-order chi connectivity index (χ1) is 16.3. The number of anilines is 1. The zero-order chi connectivity index (χ0) is 24.1. The normalized spacial score (nSPS) is 25.6. The van der Waals surface area contributed by atoms with Gasteiger partial charge in [-0.1, -0.05) is 49.1 Å². The standard InChI is InChI=1S/C27H24N2O5/c1-15-11-18(14-34-16(2)9-10-17-7-5-4-6-8-17)13-19(12-15)29-26(32)22-20-21(23(22)27(29)33)25(31)28(3)24(20)30/h4-13,20-23H,2,14H2,1,3H3/b10-9+. The van der Waals surface area contributed by atoms with E-state index >= 15 is 0 Å². The molecule has 1 aliphatic carbocycles. The molecule has 4 atom stereocenters. The average molecular weight is 456 g/mol. The molecule has 0 N–H and O–H groups in total. The Bertz CT molecular complexity index is 1230. The summed E-state index contributed by atoms with van der Waals surface area (Å²) < 4.78 is 5.77. The van der Waals surface area contributed by atoms with Crippen LogP contribution in [0.4, 0.5) is 5.69 Å². The Hall–Kier alpha value is -4.00. The highest BCUT2D eigenvalue weighted by Gasteiger charge is 2.73. The van der Waals surface area contributed by atoms with Gasteiger partial charge in [0.25, 0.3) is 0 Å². The van der Waals surface area contributed by atoms with Gasteiger partial charge < -0.3 is 4.74 Å². The van der Waals surface area contributed by atoms with Crippen LogP contribution in [-0.4, -0.2) is 35.6 Å². The van der Waals surface area contributed by atoms with Crippen molar-refractivity contribution in [3.63, 3.8) is 0 Å². The number of rotatable bonds is 6. The van der Waals surface area contributed by atoms with Crippen molar-refractivity contribution in [2.75, 3.05) is 11.9 Å². The fourth-order valence-corrected chi connectivity index (χ4v) is 5.22. The van der Waals surface area contributed by atoms with Crippen molar-refractivity contribution < 1.29 is 23.9 Å². The molecule has 34 heavy (non-hydrogen) atoms. The molecule has 4 unspecified atom stereocenters. The summed E-state index contributed by atoms with van der Waals surface area (Å²) in [6.07, 6.45) is 3.68. The van der Waals surface area contributed by atoms with Crippen LogP contribution < -0.4 is 4.90 Å². The maximum Gasteiger partial charge on any atom is 0.238 e. The lowest BCUT2D eigenvalue weighted by atomic mass is 9.59. The van der Waals surface area contributed by atoms with Crippen molar-refractivity contribution in [1.29, 1.82) is 0 Å². The number of hydrogen-bond acceptors (Lipinski definition) is 5. The minimum atomic E-state index is -0.762. The number of ether oxygens (including phenoxy) is 1. The Balaban J connectivity index is 1.32. The number of allylic oxidation sites excluding steroid dienone is 1. The first-order valence-electron chi connectivity index (χ1n) is 11.1. The Morgan fingerprint density at radius 1 is 0.912 bits per heavy atom. The summed E-state index contributed by atoms with van der Waals surface area (Å²) in [5.74, 6) is -4.08. The van der Waals surface area contributed by atoms with Gasteiger partial charge in [-0.2, -0.15) is 0 Å². The third kappa shape index (κ3) is 3.36. The molecule has 0 spiro atoms. The van der Waals surface area contributed by atoms with E-state index in [1.165, 1.54) is 7.05 Å². The largest absolute Gasteiger partial charge is 0.490 e. The Kier molecular flexibility index (Phi) is 5.20. The second-order valence-electron chi connectivity index (χ2n) is 9.03. The lowest BCUT2D eigenvalue weighted by Gasteiger charge is -2.36. The second kappa shape index (κ2) is 8.09. The summed E-state index contributed by atoms with van der Waals surface area (Å²) in [4.78, 5) is 53.3. The van der Waals surface area contributed by atoms with Crippen molar-refractivity contribution >= 4 is 35.4 Å². The minimum absolute atomic E-state index is 0.211. The molecule has 0 aromatic heterocycles. The predicted molar refractivity (Wildman–Crippen MR) is 125 cm³/mol. The van der Waals surface area contributed by atoms with Gasteiger partial charge in [0.2, 0.25) is 23.6 Å². The van der Waals surface area contributed by atoms with Gasteiger partial charge >= 0.3 is 0 Å². The molecule has 3 aliphatic rings. The second-order valence-corrected chi connectivity index (χ2v) is 9.03. The third-order valence-electron chi connectivity index (χ3n) is 6.86. The van der Waals surface area contributed by atoms with Crippen LogP contribution in [0.1, 0.15) is 16.7 Å². The van der Waals surface area contributed by atoms with Crippen molar-refractivity contribution in [3.05, 3.63) is 83.6 Å². The quantitative estimate of drug-likeness (QED) is 0.379. The molecule has 2 heterocycles. The molecule has 4 amide bonds. The molecule has 7 heteroatoms. The molecule has 5 rings (SSSR count). The van der Waals surface area contributed by atoms with Gasteiger partial charge in [-0.15, -0.1) is 0 Å². The number of carbonyl (C=O) groups is 4. The molecule has 2 aromatic carbocycles. The van der Waals surface area contributed by atoms with E-state index in [2.05, 4.69) is 6.58 Å². The highest BCUT2D eigenvalue weighted by Crippen LogP contribution is 2.56. The van der Waals surface area contributed by atoms with Gasteiger partial charge in [0.05, 0.1) is 29.4 Å². The minimum Gasteiger partial charge on any atom is -0.490 e. The molecule has 0 bridgehead atoms. The Morgan fingerprint density at radius 3 is 2.12 bits per heavy atom. The molecule has 2 saturated heterocycles. The summed E-state index contributed by atoms with van der Waals surface area (Å²) in [5, 5.41) is 0. The monoisotopic (exact) mass is 456 g/mol. The third-order valence-corrected chi connectivity index (χ3v) is 6.86. The van der Waals surface area contributed by atoms with E-state index in [0.717, 1.165) is 26.5 Å². The number of aryl methyl sites for hydroxylation is 1. The summed E-state index contributed by atoms with van der Waals surface area (Å²) in [7, 11) is 1.40. The van der Waals surface area contributed by atoms with Gasteiger partial charge in [-0.05, 0) is 41.8 Å². The predicted octanol–water partition coefficient (Wildman–Crippen LogP) is 3.09. The van der Waals surface area contributed by atoms with Gasteiger partial charge in [-0.3, -0.25) is 24.1 Å². The van der Waals surface area contributed by atoms with E-state index in [-0.39, 0.29) is 18.4 Å². The summed E-state index contributed by atoms with van der Waals surface area (Å²) in [6, 6.07) is 15.2. The van der Waals surface area contributed by atoms with Gasteiger partial charge in [0.1, 0.15) is 12.4 Å². The van der Waals surface area contributed by atoms with Crippen LogP contribution in [0.3, 0.4) is 0 Å². The van der Waals surface area contributed by atoms with Crippen LogP contribution >= 0.6 is 0 Å². The fourth-order valence-electron chi connectivity index (χ4n) is 5.22. The SMILES string of the molecule is C=C(/C=C/c1ccccc1)OCc1cc(C)cc(N2C(=O)C3C4C(=O)N(C)C(=O)C4C3C2=O)c1. The Morgan fingerprint density at radius 2 is 1.50 bits per heavy atom. The fraction of sp³-hybridized carbons (Fsp3) is 0.259.